The summed E-state index contributed by atoms with van der Waals surface area (Å²) in [5, 5.41) is 4.97. The Morgan fingerprint density at radius 3 is 2.63 bits per heavy atom. The minimum absolute atomic E-state index is 0.122. The number of aryl methyl sites for hydroxylation is 1. The van der Waals surface area contributed by atoms with Crippen molar-refractivity contribution in [3.05, 3.63) is 46.0 Å². The summed E-state index contributed by atoms with van der Waals surface area (Å²) in [5.74, 6) is -0.265. The van der Waals surface area contributed by atoms with Gasteiger partial charge in [0.25, 0.3) is 0 Å². The lowest BCUT2D eigenvalue weighted by Gasteiger charge is -2.14. The van der Waals surface area contributed by atoms with Crippen LogP contribution in [0.2, 0.25) is 5.02 Å². The van der Waals surface area contributed by atoms with Crippen LogP contribution in [0, 0.1) is 19.7 Å². The first kappa shape index (κ1) is 14.0. The number of aromatic nitrogens is 2. The normalized spacial score (nSPS) is 12.7. The molecular weight excluding hydrogens is 265 g/mol. The molecule has 0 saturated carbocycles. The summed E-state index contributed by atoms with van der Waals surface area (Å²) in [6, 6.07) is 4.81. The zero-order valence-corrected chi connectivity index (χ0v) is 12.0. The van der Waals surface area contributed by atoms with Gasteiger partial charge in [0.1, 0.15) is 5.82 Å². The van der Waals surface area contributed by atoms with E-state index in [1.165, 1.54) is 6.07 Å². The van der Waals surface area contributed by atoms with Crippen LogP contribution < -0.4 is 5.73 Å². The van der Waals surface area contributed by atoms with Gasteiger partial charge in [-0.2, -0.15) is 5.10 Å². The van der Waals surface area contributed by atoms with Crippen molar-refractivity contribution in [2.45, 2.75) is 33.2 Å². The second-order valence-electron chi connectivity index (χ2n) is 4.82. The Balaban J connectivity index is 2.61. The molecule has 0 spiro atoms. The van der Waals surface area contributed by atoms with Crippen LogP contribution in [0.15, 0.2) is 18.2 Å². The van der Waals surface area contributed by atoms with Crippen LogP contribution in [0.3, 0.4) is 0 Å². The zero-order chi connectivity index (χ0) is 14.2. The van der Waals surface area contributed by atoms with Crippen molar-refractivity contribution in [3.8, 4) is 5.69 Å². The van der Waals surface area contributed by atoms with E-state index in [9.17, 15) is 4.39 Å². The summed E-state index contributed by atoms with van der Waals surface area (Å²) in [6.45, 7) is 5.55. The highest BCUT2D eigenvalue weighted by Crippen LogP contribution is 2.26. The van der Waals surface area contributed by atoms with Gasteiger partial charge in [-0.3, -0.25) is 0 Å². The first-order chi connectivity index (χ1) is 8.91. The Morgan fingerprint density at radius 1 is 1.42 bits per heavy atom. The average Bonchev–Trinajstić information content (AvgIpc) is 2.59. The molecule has 0 aliphatic rings. The molecule has 102 valence electrons. The van der Waals surface area contributed by atoms with E-state index < -0.39 is 0 Å². The molecule has 2 N–H and O–H groups in total. The Bertz CT molecular complexity index is 605. The fourth-order valence-electron chi connectivity index (χ4n) is 2.13. The largest absolute Gasteiger partial charge is 0.328 e. The molecular formula is C14H17ClFN3. The lowest BCUT2D eigenvalue weighted by Crippen LogP contribution is -2.20. The van der Waals surface area contributed by atoms with Crippen molar-refractivity contribution in [1.82, 2.24) is 9.78 Å². The first-order valence-corrected chi connectivity index (χ1v) is 6.54. The maximum absolute atomic E-state index is 14.0. The molecule has 0 fully saturated rings. The third-order valence-electron chi connectivity index (χ3n) is 3.05. The molecule has 2 rings (SSSR count). The third-order valence-corrected chi connectivity index (χ3v) is 3.60. The van der Waals surface area contributed by atoms with Gasteiger partial charge >= 0.3 is 0 Å². The summed E-state index contributed by atoms with van der Waals surface area (Å²) in [7, 11) is 0. The summed E-state index contributed by atoms with van der Waals surface area (Å²) < 4.78 is 15.7. The maximum Gasteiger partial charge on any atom is 0.128 e. The summed E-state index contributed by atoms with van der Waals surface area (Å²) in [6.07, 6.45) is 0.456. The lowest BCUT2D eigenvalue weighted by atomic mass is 10.0. The second-order valence-corrected chi connectivity index (χ2v) is 5.19. The van der Waals surface area contributed by atoms with Gasteiger partial charge in [-0.05, 0) is 39.3 Å². The summed E-state index contributed by atoms with van der Waals surface area (Å²) in [5.41, 5.74) is 8.59. The van der Waals surface area contributed by atoms with Crippen molar-refractivity contribution in [3.63, 3.8) is 0 Å². The summed E-state index contributed by atoms with van der Waals surface area (Å²) in [4.78, 5) is 0. The van der Waals surface area contributed by atoms with Crippen LogP contribution in [-0.4, -0.2) is 15.8 Å². The van der Waals surface area contributed by atoms with E-state index in [1.54, 1.807) is 10.7 Å². The number of benzene rings is 1. The number of hydrogen-bond donors (Lipinski definition) is 1. The van der Waals surface area contributed by atoms with Crippen molar-refractivity contribution in [1.29, 1.82) is 0 Å². The van der Waals surface area contributed by atoms with E-state index in [4.69, 9.17) is 17.3 Å². The van der Waals surface area contributed by atoms with Gasteiger partial charge in [-0.1, -0.05) is 17.7 Å². The molecule has 2 aromatic rings. The molecule has 0 aliphatic carbocycles. The molecule has 1 aromatic heterocycles. The van der Waals surface area contributed by atoms with Crippen LogP contribution in [0.5, 0.6) is 0 Å². The van der Waals surface area contributed by atoms with Crippen LogP contribution in [-0.2, 0) is 6.42 Å². The molecule has 1 unspecified atom stereocenters. The number of halogens is 2. The van der Waals surface area contributed by atoms with Gasteiger partial charge in [-0.25, -0.2) is 9.07 Å². The standard InChI is InChI=1S/C14H17ClFN3/c1-8(17)7-11-12(16)5-4-6-13(11)19-10(3)14(15)9(2)18-19/h4-6,8H,7,17H2,1-3H3. The molecule has 0 saturated heterocycles. The van der Waals surface area contributed by atoms with Crippen LogP contribution >= 0.6 is 11.6 Å². The Hall–Kier alpha value is -1.39. The molecule has 0 bridgehead atoms. The molecule has 19 heavy (non-hydrogen) atoms. The van der Waals surface area contributed by atoms with E-state index >= 15 is 0 Å². The van der Waals surface area contributed by atoms with Crippen LogP contribution in [0.25, 0.3) is 5.69 Å². The van der Waals surface area contributed by atoms with Crippen LogP contribution in [0.1, 0.15) is 23.9 Å². The number of rotatable bonds is 3. The van der Waals surface area contributed by atoms with E-state index in [1.807, 2.05) is 26.8 Å². The second kappa shape index (κ2) is 5.31. The van der Waals surface area contributed by atoms with E-state index in [2.05, 4.69) is 5.10 Å². The Labute approximate surface area is 117 Å². The number of nitrogens with two attached hydrogens (primary N) is 1. The predicted molar refractivity (Wildman–Crippen MR) is 75.4 cm³/mol. The number of hydrogen-bond acceptors (Lipinski definition) is 2. The predicted octanol–water partition coefficient (Wildman–Crippen LogP) is 3.17. The van der Waals surface area contributed by atoms with Gasteiger partial charge in [0.05, 0.1) is 22.1 Å². The fraction of sp³-hybridized carbons (Fsp3) is 0.357. The van der Waals surface area contributed by atoms with Crippen molar-refractivity contribution < 1.29 is 4.39 Å². The monoisotopic (exact) mass is 281 g/mol. The minimum atomic E-state index is -0.265. The van der Waals surface area contributed by atoms with Gasteiger partial charge < -0.3 is 5.73 Å². The van der Waals surface area contributed by atoms with Crippen molar-refractivity contribution >= 4 is 11.6 Å². The smallest absolute Gasteiger partial charge is 0.128 e. The van der Waals surface area contributed by atoms with Gasteiger partial charge in [0, 0.05) is 11.6 Å². The molecule has 0 amide bonds. The van der Waals surface area contributed by atoms with E-state index in [-0.39, 0.29) is 11.9 Å². The lowest BCUT2D eigenvalue weighted by molar-refractivity contribution is 0.591. The molecule has 3 nitrogen and oxygen atoms in total. The van der Waals surface area contributed by atoms with Crippen LogP contribution in [0.4, 0.5) is 4.39 Å². The highest BCUT2D eigenvalue weighted by Gasteiger charge is 2.16. The zero-order valence-electron chi connectivity index (χ0n) is 11.2. The molecule has 0 aliphatic heterocycles. The third kappa shape index (κ3) is 2.65. The van der Waals surface area contributed by atoms with Gasteiger partial charge in [0.15, 0.2) is 0 Å². The molecule has 5 heteroatoms. The fourth-order valence-corrected chi connectivity index (χ4v) is 2.25. The maximum atomic E-state index is 14.0. The SMILES string of the molecule is Cc1nn(-c2cccc(F)c2CC(C)N)c(C)c1Cl. The first-order valence-electron chi connectivity index (χ1n) is 6.17. The number of nitrogens with zero attached hydrogens (tertiary/aromatic N) is 2. The van der Waals surface area contributed by atoms with Crippen molar-refractivity contribution in [2.75, 3.05) is 0 Å². The van der Waals surface area contributed by atoms with E-state index in [0.717, 1.165) is 11.4 Å². The minimum Gasteiger partial charge on any atom is -0.328 e. The Morgan fingerprint density at radius 2 is 2.11 bits per heavy atom. The highest BCUT2D eigenvalue weighted by molar-refractivity contribution is 6.31. The Kier molecular flexibility index (Phi) is 3.92. The molecule has 1 heterocycles. The highest BCUT2D eigenvalue weighted by atomic mass is 35.5. The van der Waals surface area contributed by atoms with Crippen molar-refractivity contribution in [2.24, 2.45) is 5.73 Å². The van der Waals surface area contributed by atoms with Gasteiger partial charge in [-0.15, -0.1) is 0 Å². The van der Waals surface area contributed by atoms with E-state index in [0.29, 0.717) is 22.7 Å². The molecule has 1 aromatic carbocycles. The molecule has 1 atom stereocenters. The summed E-state index contributed by atoms with van der Waals surface area (Å²) >= 11 is 6.14. The topological polar surface area (TPSA) is 43.8 Å². The molecule has 0 radical (unpaired) electrons. The van der Waals surface area contributed by atoms with Gasteiger partial charge in [0.2, 0.25) is 0 Å². The quantitative estimate of drug-likeness (QED) is 0.939. The average molecular weight is 282 g/mol.